The molecule has 124 valence electrons. The maximum absolute atomic E-state index is 12.2. The first-order valence-electron chi connectivity index (χ1n) is 8.22. The van der Waals surface area contributed by atoms with Gasteiger partial charge in [-0.3, -0.25) is 4.79 Å². The van der Waals surface area contributed by atoms with E-state index in [4.69, 9.17) is 9.72 Å². The van der Waals surface area contributed by atoms with Gasteiger partial charge in [-0.15, -0.1) is 11.3 Å². The van der Waals surface area contributed by atoms with Crippen molar-refractivity contribution in [2.24, 2.45) is 0 Å². The van der Waals surface area contributed by atoms with Crippen molar-refractivity contribution in [3.05, 3.63) is 52.2 Å². The molecule has 5 nitrogen and oxygen atoms in total. The Labute approximate surface area is 147 Å². The van der Waals surface area contributed by atoms with Gasteiger partial charge in [0.15, 0.2) is 0 Å². The van der Waals surface area contributed by atoms with Crippen molar-refractivity contribution in [3.8, 4) is 16.9 Å². The molecule has 6 heteroatoms. The van der Waals surface area contributed by atoms with E-state index in [1.54, 1.807) is 7.11 Å². The average Bonchev–Trinajstić information content (AvgIpc) is 3.25. The Morgan fingerprint density at radius 2 is 2.04 bits per heavy atom. The second-order valence-electron chi connectivity index (χ2n) is 6.19. The zero-order chi connectivity index (χ0) is 17.0. The van der Waals surface area contributed by atoms with Gasteiger partial charge in [0.1, 0.15) is 15.3 Å². The number of aromatic nitrogens is 3. The summed E-state index contributed by atoms with van der Waals surface area (Å²) >= 11 is 1.43. The molecule has 0 fully saturated rings. The van der Waals surface area contributed by atoms with Crippen LogP contribution in [0, 0.1) is 0 Å². The van der Waals surface area contributed by atoms with Gasteiger partial charge in [0.2, 0.25) is 0 Å². The van der Waals surface area contributed by atoms with Gasteiger partial charge in [0, 0.05) is 11.1 Å². The van der Waals surface area contributed by atoms with Crippen molar-refractivity contribution in [3.63, 3.8) is 0 Å². The quantitative estimate of drug-likeness (QED) is 0.599. The molecule has 0 saturated heterocycles. The van der Waals surface area contributed by atoms with Gasteiger partial charge in [-0.05, 0) is 48.1 Å². The highest BCUT2D eigenvalue weighted by Crippen LogP contribution is 2.42. The molecule has 0 atom stereocenters. The SMILES string of the molecule is COc1ccc(-c2c3c(nc4sc5c(=O)[nH]cnc5c24)CCC3)cc1. The fourth-order valence-electron chi connectivity index (χ4n) is 3.68. The summed E-state index contributed by atoms with van der Waals surface area (Å²) in [5, 5.41) is 0.997. The van der Waals surface area contributed by atoms with Crippen LogP contribution in [0.1, 0.15) is 17.7 Å². The van der Waals surface area contributed by atoms with E-state index in [1.807, 2.05) is 12.1 Å². The molecular weight excluding hydrogens is 334 g/mol. The van der Waals surface area contributed by atoms with Gasteiger partial charge < -0.3 is 9.72 Å². The van der Waals surface area contributed by atoms with Gasteiger partial charge in [-0.1, -0.05) is 12.1 Å². The van der Waals surface area contributed by atoms with E-state index in [2.05, 4.69) is 22.1 Å². The molecule has 0 bridgehead atoms. The zero-order valence-electron chi connectivity index (χ0n) is 13.6. The lowest BCUT2D eigenvalue weighted by Crippen LogP contribution is -2.03. The minimum atomic E-state index is -0.103. The van der Waals surface area contributed by atoms with Crippen LogP contribution in [0.4, 0.5) is 0 Å². The molecule has 0 amide bonds. The number of nitrogens with one attached hydrogen (secondary N) is 1. The summed E-state index contributed by atoms with van der Waals surface area (Å²) in [5.74, 6) is 0.829. The second-order valence-corrected chi connectivity index (χ2v) is 7.18. The summed E-state index contributed by atoms with van der Waals surface area (Å²) in [6, 6.07) is 8.08. The number of hydrogen-bond donors (Lipinski definition) is 1. The average molecular weight is 349 g/mol. The van der Waals surface area contributed by atoms with Crippen molar-refractivity contribution in [2.75, 3.05) is 7.11 Å². The van der Waals surface area contributed by atoms with Crippen LogP contribution in [0.25, 0.3) is 31.6 Å². The molecule has 1 aliphatic carbocycles. The van der Waals surface area contributed by atoms with Gasteiger partial charge in [-0.25, -0.2) is 9.97 Å². The predicted octanol–water partition coefficient (Wildman–Crippen LogP) is 3.70. The fourth-order valence-corrected chi connectivity index (χ4v) is 4.74. The van der Waals surface area contributed by atoms with Crippen molar-refractivity contribution >= 4 is 31.8 Å². The van der Waals surface area contributed by atoms with Crippen molar-refractivity contribution in [1.29, 1.82) is 0 Å². The molecular formula is C19H15N3O2S. The molecule has 0 unspecified atom stereocenters. The van der Waals surface area contributed by atoms with Crippen LogP contribution >= 0.6 is 11.3 Å². The Morgan fingerprint density at radius 3 is 2.84 bits per heavy atom. The number of aromatic amines is 1. The maximum atomic E-state index is 12.2. The van der Waals surface area contributed by atoms with Crippen LogP contribution < -0.4 is 10.3 Å². The lowest BCUT2D eigenvalue weighted by molar-refractivity contribution is 0.415. The highest BCUT2D eigenvalue weighted by atomic mass is 32.1. The van der Waals surface area contributed by atoms with Crippen LogP contribution in [-0.4, -0.2) is 22.1 Å². The number of fused-ring (bicyclic) bond motifs is 4. The highest BCUT2D eigenvalue weighted by molar-refractivity contribution is 7.25. The van der Waals surface area contributed by atoms with Gasteiger partial charge in [0.05, 0.1) is 19.0 Å². The number of thiophene rings is 1. The van der Waals surface area contributed by atoms with Crippen LogP contribution in [-0.2, 0) is 12.8 Å². The summed E-state index contributed by atoms with van der Waals surface area (Å²) in [4.78, 5) is 25.1. The Balaban J connectivity index is 1.93. The minimum absolute atomic E-state index is 0.103. The molecule has 25 heavy (non-hydrogen) atoms. The monoisotopic (exact) mass is 349 g/mol. The summed E-state index contributed by atoms with van der Waals surface area (Å²) in [6.45, 7) is 0. The number of pyridine rings is 1. The van der Waals surface area contributed by atoms with Crippen molar-refractivity contribution < 1.29 is 4.74 Å². The van der Waals surface area contributed by atoms with Crippen LogP contribution in [0.3, 0.4) is 0 Å². The normalized spacial score (nSPS) is 13.5. The highest BCUT2D eigenvalue weighted by Gasteiger charge is 2.24. The number of aryl methyl sites for hydroxylation is 1. The first kappa shape index (κ1) is 14.6. The number of hydrogen-bond acceptors (Lipinski definition) is 5. The number of methoxy groups -OCH3 is 1. The third-order valence-electron chi connectivity index (χ3n) is 4.82. The predicted molar refractivity (Wildman–Crippen MR) is 99.6 cm³/mol. The lowest BCUT2D eigenvalue weighted by Gasteiger charge is -2.11. The smallest absolute Gasteiger partial charge is 0.268 e. The summed E-state index contributed by atoms with van der Waals surface area (Å²) in [5.41, 5.74) is 5.38. The summed E-state index contributed by atoms with van der Waals surface area (Å²) in [6.07, 6.45) is 4.60. The summed E-state index contributed by atoms with van der Waals surface area (Å²) < 4.78 is 5.93. The Morgan fingerprint density at radius 1 is 1.20 bits per heavy atom. The number of ether oxygens (including phenoxy) is 1. The minimum Gasteiger partial charge on any atom is -0.497 e. The van der Waals surface area contributed by atoms with E-state index in [-0.39, 0.29) is 5.56 Å². The van der Waals surface area contributed by atoms with Crippen LogP contribution in [0.15, 0.2) is 35.4 Å². The largest absolute Gasteiger partial charge is 0.497 e. The molecule has 0 spiro atoms. The molecule has 3 aromatic heterocycles. The van der Waals surface area contributed by atoms with E-state index in [1.165, 1.54) is 28.8 Å². The van der Waals surface area contributed by atoms with Crippen LogP contribution in [0.5, 0.6) is 5.75 Å². The Kier molecular flexibility index (Phi) is 3.15. The van der Waals surface area contributed by atoms with Gasteiger partial charge >= 0.3 is 0 Å². The van der Waals surface area contributed by atoms with Crippen LogP contribution in [0.2, 0.25) is 0 Å². The topological polar surface area (TPSA) is 67.9 Å². The van der Waals surface area contributed by atoms with E-state index < -0.39 is 0 Å². The lowest BCUT2D eigenvalue weighted by atomic mass is 9.96. The maximum Gasteiger partial charge on any atom is 0.268 e. The molecule has 1 aliphatic rings. The Bertz CT molecular complexity index is 1180. The standard InChI is InChI=1S/C19H15N3O2S/c1-24-11-7-5-10(6-8-11)14-12-3-2-4-13(12)22-19-15(14)16-17(25-19)18(23)21-9-20-16/h5-9H,2-4H2,1H3,(H,20,21,23). The molecule has 0 radical (unpaired) electrons. The van der Waals surface area contributed by atoms with Gasteiger partial charge in [-0.2, -0.15) is 0 Å². The summed E-state index contributed by atoms with van der Waals surface area (Å²) in [7, 11) is 1.67. The fraction of sp³-hybridized carbons (Fsp3) is 0.211. The first-order valence-corrected chi connectivity index (χ1v) is 9.04. The van der Waals surface area contributed by atoms with E-state index >= 15 is 0 Å². The molecule has 1 N–H and O–H groups in total. The molecule has 0 aliphatic heterocycles. The zero-order valence-corrected chi connectivity index (χ0v) is 14.4. The van der Waals surface area contributed by atoms with Crippen molar-refractivity contribution in [2.45, 2.75) is 19.3 Å². The third kappa shape index (κ3) is 2.10. The van der Waals surface area contributed by atoms with E-state index in [0.717, 1.165) is 52.0 Å². The Hall–Kier alpha value is -2.73. The molecule has 3 heterocycles. The number of nitrogens with zero attached hydrogens (tertiary/aromatic N) is 2. The van der Waals surface area contributed by atoms with E-state index in [0.29, 0.717) is 4.70 Å². The first-order chi connectivity index (χ1) is 12.3. The molecule has 5 rings (SSSR count). The number of H-pyrrole nitrogens is 1. The van der Waals surface area contributed by atoms with E-state index in [9.17, 15) is 4.79 Å². The molecule has 0 saturated carbocycles. The van der Waals surface area contributed by atoms with Gasteiger partial charge in [0.25, 0.3) is 5.56 Å². The molecule has 4 aromatic rings. The third-order valence-corrected chi connectivity index (χ3v) is 5.89. The number of rotatable bonds is 2. The second kappa shape index (κ2) is 5.39. The molecule has 1 aromatic carbocycles. The number of benzene rings is 1. The van der Waals surface area contributed by atoms with Crippen molar-refractivity contribution in [1.82, 2.24) is 15.0 Å².